The molecular formula is C21H26N2O4. The fraction of sp³-hybridized carbons (Fsp3) is 0.524. The highest BCUT2D eigenvalue weighted by Gasteiger charge is 2.45. The Morgan fingerprint density at radius 3 is 2.85 bits per heavy atom. The van der Waals surface area contributed by atoms with Crippen molar-refractivity contribution >= 4 is 5.91 Å². The summed E-state index contributed by atoms with van der Waals surface area (Å²) in [4.78, 5) is 18.7. The quantitative estimate of drug-likeness (QED) is 0.732. The Morgan fingerprint density at radius 2 is 2.11 bits per heavy atom. The lowest BCUT2D eigenvalue weighted by atomic mass is 9.91. The fourth-order valence-corrected chi connectivity index (χ4v) is 4.18. The van der Waals surface area contributed by atoms with Gasteiger partial charge in [-0.15, -0.1) is 0 Å². The zero-order valence-electron chi connectivity index (χ0n) is 15.9. The average Bonchev–Trinajstić information content (AvgIpc) is 3.34. The molecule has 3 atom stereocenters. The van der Waals surface area contributed by atoms with Crippen LogP contribution in [0.2, 0.25) is 0 Å². The minimum atomic E-state index is 0.0510. The van der Waals surface area contributed by atoms with Crippen LogP contribution in [0.5, 0.6) is 0 Å². The molecule has 2 fully saturated rings. The summed E-state index contributed by atoms with van der Waals surface area (Å²) in [6.07, 6.45) is 4.66. The van der Waals surface area contributed by atoms with Crippen molar-refractivity contribution < 1.29 is 18.7 Å². The second kappa shape index (κ2) is 7.82. The summed E-state index contributed by atoms with van der Waals surface area (Å²) in [6, 6.07) is 5.76. The molecule has 6 heteroatoms. The number of aromatic nitrogens is 1. The number of ether oxygens (including phenoxy) is 2. The fourth-order valence-electron chi connectivity index (χ4n) is 4.18. The van der Waals surface area contributed by atoms with Gasteiger partial charge in [0, 0.05) is 38.0 Å². The highest BCUT2D eigenvalue weighted by molar-refractivity contribution is 5.95. The molecule has 6 nitrogen and oxygen atoms in total. The number of fused-ring (bicyclic) bond motifs is 1. The largest absolute Gasteiger partial charge is 0.466 e. The van der Waals surface area contributed by atoms with Gasteiger partial charge in [-0.25, -0.2) is 0 Å². The first kappa shape index (κ1) is 18.2. The Balaban J connectivity index is 1.28. The molecule has 4 heterocycles. The first-order chi connectivity index (χ1) is 13.1. The van der Waals surface area contributed by atoms with E-state index in [1.807, 2.05) is 36.9 Å². The van der Waals surface area contributed by atoms with Crippen LogP contribution in [0.15, 0.2) is 35.0 Å². The van der Waals surface area contributed by atoms with Crippen LogP contribution in [0.4, 0.5) is 0 Å². The number of carbonyl (C=O) groups is 1. The van der Waals surface area contributed by atoms with E-state index in [0.29, 0.717) is 42.9 Å². The first-order valence-corrected chi connectivity index (χ1v) is 9.56. The Morgan fingerprint density at radius 1 is 1.30 bits per heavy atom. The van der Waals surface area contributed by atoms with Crippen molar-refractivity contribution in [1.82, 2.24) is 9.88 Å². The van der Waals surface area contributed by atoms with E-state index in [4.69, 9.17) is 13.9 Å². The van der Waals surface area contributed by atoms with Crippen molar-refractivity contribution in [1.29, 1.82) is 0 Å². The van der Waals surface area contributed by atoms with Crippen LogP contribution < -0.4 is 0 Å². The molecule has 0 aromatic carbocycles. The Labute approximate surface area is 159 Å². The molecule has 2 aromatic rings. The lowest BCUT2D eigenvalue weighted by Crippen LogP contribution is -2.31. The molecule has 27 heavy (non-hydrogen) atoms. The summed E-state index contributed by atoms with van der Waals surface area (Å²) >= 11 is 0. The Hall–Kier alpha value is -2.18. The second-order valence-electron chi connectivity index (χ2n) is 7.53. The monoisotopic (exact) mass is 370 g/mol. The lowest BCUT2D eigenvalue weighted by molar-refractivity contribution is 0.0647. The van der Waals surface area contributed by atoms with Gasteiger partial charge in [0.1, 0.15) is 11.5 Å². The number of hydrogen-bond donors (Lipinski definition) is 0. The molecule has 0 bridgehead atoms. The van der Waals surface area contributed by atoms with Gasteiger partial charge in [0.2, 0.25) is 0 Å². The molecule has 0 unspecified atom stereocenters. The predicted molar refractivity (Wildman–Crippen MR) is 99.3 cm³/mol. The number of furan rings is 1. The van der Waals surface area contributed by atoms with Gasteiger partial charge in [-0.2, -0.15) is 0 Å². The maximum absolute atomic E-state index is 12.8. The van der Waals surface area contributed by atoms with Crippen molar-refractivity contribution in [2.24, 2.45) is 11.8 Å². The number of pyridine rings is 1. The minimum absolute atomic E-state index is 0.0510. The molecule has 2 aliphatic rings. The third-order valence-corrected chi connectivity index (χ3v) is 5.65. The van der Waals surface area contributed by atoms with Crippen molar-refractivity contribution in [2.45, 2.75) is 33.0 Å². The van der Waals surface area contributed by atoms with Gasteiger partial charge in [-0.05, 0) is 49.9 Å². The summed E-state index contributed by atoms with van der Waals surface area (Å²) in [5.41, 5.74) is 1.80. The van der Waals surface area contributed by atoms with E-state index in [1.165, 1.54) is 0 Å². The van der Waals surface area contributed by atoms with Crippen molar-refractivity contribution in [3.8, 4) is 0 Å². The van der Waals surface area contributed by atoms with Gasteiger partial charge in [0.05, 0.1) is 24.9 Å². The van der Waals surface area contributed by atoms with Crippen LogP contribution >= 0.6 is 0 Å². The molecule has 0 spiro atoms. The summed E-state index contributed by atoms with van der Waals surface area (Å²) in [7, 11) is 0. The molecule has 0 saturated carbocycles. The van der Waals surface area contributed by atoms with Crippen LogP contribution in [0.25, 0.3) is 0 Å². The van der Waals surface area contributed by atoms with Crippen LogP contribution in [0, 0.1) is 25.7 Å². The topological polar surface area (TPSA) is 64.8 Å². The molecule has 2 aliphatic heterocycles. The highest BCUT2D eigenvalue weighted by Crippen LogP contribution is 2.36. The predicted octanol–water partition coefficient (Wildman–Crippen LogP) is 2.99. The van der Waals surface area contributed by atoms with Gasteiger partial charge in [-0.1, -0.05) is 0 Å². The van der Waals surface area contributed by atoms with E-state index < -0.39 is 0 Å². The van der Waals surface area contributed by atoms with Gasteiger partial charge >= 0.3 is 0 Å². The lowest BCUT2D eigenvalue weighted by Gasteiger charge is -2.19. The first-order valence-electron chi connectivity index (χ1n) is 9.56. The maximum atomic E-state index is 12.8. The van der Waals surface area contributed by atoms with E-state index in [9.17, 15) is 4.79 Å². The van der Waals surface area contributed by atoms with E-state index in [2.05, 4.69) is 4.98 Å². The van der Waals surface area contributed by atoms with Gasteiger partial charge in [0.15, 0.2) is 0 Å². The van der Waals surface area contributed by atoms with Crippen LogP contribution in [0.1, 0.15) is 33.9 Å². The summed E-state index contributed by atoms with van der Waals surface area (Å²) in [5, 5.41) is 0. The molecule has 2 aromatic heterocycles. The SMILES string of the molecule is Cc1cc(C(=O)N2C[C@H]3[C@@H](CCOCc4ccncc4)CO[C@H]3C2)c(C)o1. The number of rotatable bonds is 6. The number of carbonyl (C=O) groups excluding carboxylic acids is 1. The number of likely N-dealkylation sites (tertiary alicyclic amines) is 1. The highest BCUT2D eigenvalue weighted by atomic mass is 16.5. The molecule has 1 amide bonds. The van der Waals surface area contributed by atoms with E-state index in [0.717, 1.165) is 30.9 Å². The number of amides is 1. The standard InChI is InChI=1S/C21H26N2O4/c1-14-9-18(15(2)27-14)21(24)23-10-19-17(13-26-20(19)11-23)5-8-25-12-16-3-6-22-7-4-16/h3-4,6-7,9,17,19-20H,5,8,10-13H2,1-2H3/t17-,19-,20-/m0/s1. The second-order valence-corrected chi connectivity index (χ2v) is 7.53. The van der Waals surface area contributed by atoms with Gasteiger partial charge < -0.3 is 18.8 Å². The molecule has 0 aliphatic carbocycles. The number of hydrogen-bond acceptors (Lipinski definition) is 5. The van der Waals surface area contributed by atoms with E-state index >= 15 is 0 Å². The van der Waals surface area contributed by atoms with Crippen LogP contribution in [-0.2, 0) is 16.1 Å². The minimum Gasteiger partial charge on any atom is -0.466 e. The van der Waals surface area contributed by atoms with Crippen molar-refractivity contribution in [2.75, 3.05) is 26.3 Å². The smallest absolute Gasteiger partial charge is 0.257 e. The third-order valence-electron chi connectivity index (χ3n) is 5.65. The van der Waals surface area contributed by atoms with Crippen molar-refractivity contribution in [3.05, 3.63) is 53.2 Å². The third kappa shape index (κ3) is 3.92. The number of aryl methyl sites for hydroxylation is 2. The summed E-state index contributed by atoms with van der Waals surface area (Å²) in [6.45, 7) is 7.20. The number of nitrogens with zero attached hydrogens (tertiary/aromatic N) is 2. The molecule has 2 saturated heterocycles. The van der Waals surface area contributed by atoms with E-state index in [1.54, 1.807) is 12.4 Å². The average molecular weight is 370 g/mol. The molecule has 144 valence electrons. The molecule has 0 radical (unpaired) electrons. The summed E-state index contributed by atoms with van der Waals surface area (Å²) in [5.74, 6) is 2.35. The molecule has 4 rings (SSSR count). The van der Waals surface area contributed by atoms with Crippen molar-refractivity contribution in [3.63, 3.8) is 0 Å². The Bertz CT molecular complexity index is 789. The van der Waals surface area contributed by atoms with E-state index in [-0.39, 0.29) is 12.0 Å². The maximum Gasteiger partial charge on any atom is 0.257 e. The summed E-state index contributed by atoms with van der Waals surface area (Å²) < 4.78 is 17.3. The zero-order chi connectivity index (χ0) is 18.8. The normalized spacial score (nSPS) is 24.4. The molecule has 0 N–H and O–H groups in total. The van der Waals surface area contributed by atoms with Gasteiger partial charge in [-0.3, -0.25) is 9.78 Å². The Kier molecular flexibility index (Phi) is 5.27. The van der Waals surface area contributed by atoms with Gasteiger partial charge in [0.25, 0.3) is 5.91 Å². The van der Waals surface area contributed by atoms with Crippen LogP contribution in [0.3, 0.4) is 0 Å². The zero-order valence-corrected chi connectivity index (χ0v) is 15.9. The molecular weight excluding hydrogens is 344 g/mol. The van der Waals surface area contributed by atoms with Crippen LogP contribution in [-0.4, -0.2) is 48.2 Å².